The van der Waals surface area contributed by atoms with Crippen molar-refractivity contribution in [2.75, 3.05) is 0 Å². The third-order valence-corrected chi connectivity index (χ3v) is 17.7. The topological polar surface area (TPSA) is 31.6 Å². The monoisotopic (exact) mass is 556 g/mol. The highest BCUT2D eigenvalue weighted by molar-refractivity contribution is 7.72. The van der Waals surface area contributed by atoms with Crippen LogP contribution in [-0.4, -0.2) is 36.4 Å². The summed E-state index contributed by atoms with van der Waals surface area (Å²) in [6, 6.07) is 9.98. The van der Waals surface area contributed by atoms with Gasteiger partial charge in [0.05, 0.1) is 16.1 Å². The van der Waals surface area contributed by atoms with E-state index in [1.807, 2.05) is 0 Å². The molecule has 0 fully saturated rings. The summed E-state index contributed by atoms with van der Waals surface area (Å²) in [4.78, 5) is 6.66. The van der Waals surface area contributed by atoms with Gasteiger partial charge in [0, 0.05) is 30.9 Å². The molecule has 0 bridgehead atoms. The Morgan fingerprint density at radius 2 is 1.03 bits per heavy atom. The summed E-state index contributed by atoms with van der Waals surface area (Å²) in [6.45, 7) is 30.0. The van der Waals surface area contributed by atoms with Gasteiger partial charge >= 0.3 is 0 Å². The Labute approximate surface area is 226 Å². The molecular formula is C30H50N2P2Si2. The highest BCUT2D eigenvalue weighted by Gasteiger charge is 2.36. The molecule has 0 aliphatic rings. The average Bonchev–Trinajstić information content (AvgIpc) is 3.41. The van der Waals surface area contributed by atoms with Gasteiger partial charge in [-0.2, -0.15) is 0 Å². The summed E-state index contributed by atoms with van der Waals surface area (Å²) in [7, 11) is -3.68. The Morgan fingerprint density at radius 1 is 0.639 bits per heavy atom. The van der Waals surface area contributed by atoms with Gasteiger partial charge in [0.1, 0.15) is 0 Å². The molecule has 0 saturated carbocycles. The molecule has 0 aliphatic heterocycles. The lowest BCUT2D eigenvalue weighted by Gasteiger charge is -2.42. The molecule has 0 amide bonds. The van der Waals surface area contributed by atoms with E-state index in [2.05, 4.69) is 140 Å². The highest BCUT2D eigenvalue weighted by Crippen LogP contribution is 2.61. The zero-order chi connectivity index (χ0) is 27.1. The summed E-state index contributed by atoms with van der Waals surface area (Å²) in [5.41, 5.74) is 3.23. The smallest absolute Gasteiger partial charge is 0.0774 e. The molecule has 2 N–H and O–H groups in total. The first-order valence-corrected chi connectivity index (χ1v) is 23.4. The van der Waals surface area contributed by atoms with E-state index in [4.69, 9.17) is 0 Å². The Kier molecular flexibility index (Phi) is 8.79. The lowest BCUT2D eigenvalue weighted by Crippen LogP contribution is -2.56. The van der Waals surface area contributed by atoms with Gasteiger partial charge in [-0.1, -0.05) is 111 Å². The molecule has 0 aliphatic carbocycles. The zero-order valence-corrected chi connectivity index (χ0v) is 28.7. The Bertz CT molecular complexity index is 1080. The molecule has 3 aromatic rings. The second-order valence-electron chi connectivity index (χ2n) is 14.3. The van der Waals surface area contributed by atoms with Crippen molar-refractivity contribution in [1.29, 1.82) is 0 Å². The van der Waals surface area contributed by atoms with E-state index < -0.39 is 24.1 Å². The summed E-state index contributed by atoms with van der Waals surface area (Å²) >= 11 is 0. The molecule has 0 saturated heterocycles. The van der Waals surface area contributed by atoms with Crippen LogP contribution in [0.3, 0.4) is 0 Å². The van der Waals surface area contributed by atoms with Crippen LogP contribution < -0.4 is 21.0 Å². The quantitative estimate of drug-likeness (QED) is 0.211. The maximum atomic E-state index is 3.33. The SMILES string of the molecule is CC(C)(C)P(Cc1cc([Si](C)(C)C)c([Si](C)(C)C)cc1CP(c1cc[nH]c1)c1cc[nH]c1)C(C)(C)C. The predicted octanol–water partition coefficient (Wildman–Crippen LogP) is 7.65. The molecular weight excluding hydrogens is 506 g/mol. The number of hydrogen-bond acceptors (Lipinski definition) is 0. The highest BCUT2D eigenvalue weighted by atomic mass is 31.1. The first kappa shape index (κ1) is 29.6. The van der Waals surface area contributed by atoms with Crippen molar-refractivity contribution in [1.82, 2.24) is 9.97 Å². The maximum absolute atomic E-state index is 3.33. The van der Waals surface area contributed by atoms with Gasteiger partial charge in [-0.15, -0.1) is 0 Å². The number of hydrogen-bond donors (Lipinski definition) is 2. The van der Waals surface area contributed by atoms with Crippen LogP contribution in [0.1, 0.15) is 52.7 Å². The number of aromatic nitrogens is 2. The van der Waals surface area contributed by atoms with Crippen LogP contribution in [0.2, 0.25) is 39.3 Å². The van der Waals surface area contributed by atoms with Crippen LogP contribution in [-0.2, 0) is 12.3 Å². The molecule has 0 spiro atoms. The van der Waals surface area contributed by atoms with Gasteiger partial charge in [0.2, 0.25) is 0 Å². The van der Waals surface area contributed by atoms with Crippen LogP contribution in [0.4, 0.5) is 0 Å². The van der Waals surface area contributed by atoms with Crippen molar-refractivity contribution in [3.8, 4) is 0 Å². The van der Waals surface area contributed by atoms with Crippen LogP contribution in [0, 0.1) is 0 Å². The van der Waals surface area contributed by atoms with Gasteiger partial charge < -0.3 is 9.97 Å². The molecule has 6 heteroatoms. The van der Waals surface area contributed by atoms with Gasteiger partial charge in [0.15, 0.2) is 0 Å². The number of nitrogens with one attached hydrogen (secondary N) is 2. The van der Waals surface area contributed by atoms with Crippen LogP contribution in [0.5, 0.6) is 0 Å². The molecule has 0 atom stereocenters. The first-order chi connectivity index (χ1) is 16.4. The fraction of sp³-hybridized carbons (Fsp3) is 0.533. The van der Waals surface area contributed by atoms with Crippen molar-refractivity contribution >= 4 is 53.0 Å². The maximum Gasteiger partial charge on any atom is 0.0774 e. The number of aromatic amines is 2. The third-order valence-electron chi connectivity index (χ3n) is 7.02. The normalized spacial score (nSPS) is 13.7. The standard InChI is InChI=1S/C30H50N2P2Si2/c1-29(2,3)34(30(4,5)6)22-24-18-28(36(10,11)12)27(35(7,8)9)17-23(24)21-33(25-13-15-31-19-25)26-14-16-32-20-26/h13-20,31-32H,21-22H2,1-12H3. The van der Waals surface area contributed by atoms with E-state index in [9.17, 15) is 0 Å². The van der Waals surface area contributed by atoms with Gasteiger partial charge in [-0.3, -0.25) is 0 Å². The van der Waals surface area contributed by atoms with Crippen molar-refractivity contribution in [2.24, 2.45) is 0 Å². The van der Waals surface area contributed by atoms with E-state index in [1.54, 1.807) is 21.5 Å². The van der Waals surface area contributed by atoms with E-state index in [0.717, 1.165) is 6.16 Å². The Balaban J connectivity index is 2.24. The largest absolute Gasteiger partial charge is 0.367 e. The van der Waals surface area contributed by atoms with Gasteiger partial charge in [0.25, 0.3) is 0 Å². The molecule has 2 heterocycles. The van der Waals surface area contributed by atoms with Gasteiger partial charge in [-0.05, 0) is 58.3 Å². The van der Waals surface area contributed by atoms with Crippen molar-refractivity contribution < 1.29 is 0 Å². The summed E-state index contributed by atoms with van der Waals surface area (Å²) < 4.78 is 0. The van der Waals surface area contributed by atoms with Crippen molar-refractivity contribution in [3.63, 3.8) is 0 Å². The van der Waals surface area contributed by atoms with E-state index >= 15 is 0 Å². The van der Waals surface area contributed by atoms with Crippen LogP contribution in [0.15, 0.2) is 49.1 Å². The lowest BCUT2D eigenvalue weighted by molar-refractivity contribution is 0.702. The van der Waals surface area contributed by atoms with E-state index in [0.29, 0.717) is 10.3 Å². The summed E-state index contributed by atoms with van der Waals surface area (Å²) in [5.74, 6) is 0. The first-order valence-electron chi connectivity index (χ1n) is 13.4. The molecule has 3 rings (SSSR count). The minimum absolute atomic E-state index is 0.215. The lowest BCUT2D eigenvalue weighted by atomic mass is 10.1. The van der Waals surface area contributed by atoms with E-state index in [-0.39, 0.29) is 7.92 Å². The molecule has 36 heavy (non-hydrogen) atoms. The summed E-state index contributed by atoms with van der Waals surface area (Å²) in [5, 5.41) is 6.92. The van der Waals surface area contributed by atoms with Crippen molar-refractivity contribution in [2.45, 2.75) is 103 Å². The van der Waals surface area contributed by atoms with E-state index in [1.165, 1.54) is 16.8 Å². The minimum atomic E-state index is -1.50. The number of rotatable bonds is 8. The van der Waals surface area contributed by atoms with Gasteiger partial charge in [-0.25, -0.2) is 0 Å². The number of benzene rings is 1. The molecule has 198 valence electrons. The molecule has 1 aromatic carbocycles. The third kappa shape index (κ3) is 7.13. The molecule has 2 nitrogen and oxygen atoms in total. The second-order valence-corrected chi connectivity index (χ2v) is 30.5. The second kappa shape index (κ2) is 10.7. The van der Waals surface area contributed by atoms with Crippen LogP contribution in [0.25, 0.3) is 0 Å². The predicted molar refractivity (Wildman–Crippen MR) is 174 cm³/mol. The molecule has 0 unspecified atom stereocenters. The fourth-order valence-electron chi connectivity index (χ4n) is 5.34. The fourth-order valence-corrected chi connectivity index (χ4v) is 16.4. The molecule has 0 radical (unpaired) electrons. The van der Waals surface area contributed by atoms with Crippen LogP contribution >= 0.6 is 15.8 Å². The summed E-state index contributed by atoms with van der Waals surface area (Å²) in [6.07, 6.45) is 10.9. The Hall–Kier alpha value is -0.926. The molecule has 2 aromatic heterocycles. The average molecular weight is 557 g/mol. The Morgan fingerprint density at radius 3 is 1.33 bits per heavy atom. The van der Waals surface area contributed by atoms with Crippen molar-refractivity contribution in [3.05, 3.63) is 60.2 Å². The zero-order valence-electron chi connectivity index (χ0n) is 24.9. The minimum Gasteiger partial charge on any atom is -0.367 e. The number of H-pyrrole nitrogens is 2.